The smallest absolute Gasteiger partial charge is 0.253 e. The van der Waals surface area contributed by atoms with Crippen LogP contribution in [0.4, 0.5) is 0 Å². The summed E-state index contributed by atoms with van der Waals surface area (Å²) in [5.74, 6) is 0.602. The van der Waals surface area contributed by atoms with Gasteiger partial charge in [0.15, 0.2) is 0 Å². The second-order valence-corrected chi connectivity index (χ2v) is 5.64. The van der Waals surface area contributed by atoms with Crippen molar-refractivity contribution in [3.8, 4) is 5.75 Å². The van der Waals surface area contributed by atoms with Gasteiger partial charge in [0, 0.05) is 11.6 Å². The maximum atomic E-state index is 12.1. The molecule has 0 aromatic heterocycles. The molecule has 0 atom stereocenters. The number of carbonyl (C=O) groups is 1. The molecule has 3 nitrogen and oxygen atoms in total. The monoisotopic (exact) mass is 337 g/mol. The molecule has 0 spiro atoms. The van der Waals surface area contributed by atoms with Gasteiger partial charge in [0.25, 0.3) is 5.91 Å². The molecule has 0 aliphatic rings. The standard InChI is InChI=1S/C17H17Cl2NO2/c1-2-9-22-14-6-3-12(4-7-14)11-20-17(21)15-8-5-13(18)10-16(15)19/h3-8,10H,2,9,11H2,1H3,(H,20,21). The Kier molecular flexibility index (Phi) is 6.10. The van der Waals surface area contributed by atoms with E-state index in [-0.39, 0.29) is 5.91 Å². The summed E-state index contributed by atoms with van der Waals surface area (Å²) < 4.78 is 5.51. The fraction of sp³-hybridized carbons (Fsp3) is 0.235. The summed E-state index contributed by atoms with van der Waals surface area (Å²) in [7, 11) is 0. The van der Waals surface area contributed by atoms with Crippen molar-refractivity contribution in [3.05, 3.63) is 63.6 Å². The van der Waals surface area contributed by atoms with Crippen LogP contribution in [0.1, 0.15) is 29.3 Å². The lowest BCUT2D eigenvalue weighted by molar-refractivity contribution is 0.0951. The number of halogens is 2. The molecule has 1 N–H and O–H groups in total. The van der Waals surface area contributed by atoms with E-state index in [0.717, 1.165) is 17.7 Å². The highest BCUT2D eigenvalue weighted by atomic mass is 35.5. The minimum Gasteiger partial charge on any atom is -0.494 e. The van der Waals surface area contributed by atoms with Gasteiger partial charge < -0.3 is 10.1 Å². The first-order chi connectivity index (χ1) is 10.6. The molecule has 0 saturated carbocycles. The van der Waals surface area contributed by atoms with Crippen LogP contribution < -0.4 is 10.1 Å². The van der Waals surface area contributed by atoms with Crippen LogP contribution in [0, 0.1) is 0 Å². The summed E-state index contributed by atoms with van der Waals surface area (Å²) in [6.07, 6.45) is 0.972. The van der Waals surface area contributed by atoms with Crippen LogP contribution >= 0.6 is 23.2 Å². The average molecular weight is 338 g/mol. The van der Waals surface area contributed by atoms with E-state index in [0.29, 0.717) is 28.8 Å². The van der Waals surface area contributed by atoms with E-state index in [1.807, 2.05) is 24.3 Å². The number of benzene rings is 2. The number of hydrogen-bond donors (Lipinski definition) is 1. The zero-order valence-electron chi connectivity index (χ0n) is 12.2. The third kappa shape index (κ3) is 4.65. The van der Waals surface area contributed by atoms with Gasteiger partial charge >= 0.3 is 0 Å². The van der Waals surface area contributed by atoms with Crippen LogP contribution in [0.15, 0.2) is 42.5 Å². The molecule has 0 radical (unpaired) electrons. The molecule has 0 aliphatic heterocycles. The number of hydrogen-bond acceptors (Lipinski definition) is 2. The van der Waals surface area contributed by atoms with Crippen LogP contribution in [0.25, 0.3) is 0 Å². The van der Waals surface area contributed by atoms with Crippen LogP contribution in [0.5, 0.6) is 5.75 Å². The van der Waals surface area contributed by atoms with E-state index in [1.54, 1.807) is 18.2 Å². The first-order valence-electron chi connectivity index (χ1n) is 7.05. The molecule has 2 aromatic rings. The highest BCUT2D eigenvalue weighted by molar-refractivity contribution is 6.36. The molecule has 0 bridgehead atoms. The lowest BCUT2D eigenvalue weighted by Gasteiger charge is -2.08. The quantitative estimate of drug-likeness (QED) is 0.828. The van der Waals surface area contributed by atoms with Gasteiger partial charge in [-0.25, -0.2) is 0 Å². The number of carbonyl (C=O) groups excluding carboxylic acids is 1. The molecule has 0 saturated heterocycles. The minimum absolute atomic E-state index is 0.229. The Balaban J connectivity index is 1.93. The number of rotatable bonds is 6. The maximum Gasteiger partial charge on any atom is 0.253 e. The van der Waals surface area contributed by atoms with Crippen LogP contribution in [-0.2, 0) is 6.54 Å². The van der Waals surface area contributed by atoms with E-state index < -0.39 is 0 Å². The van der Waals surface area contributed by atoms with Gasteiger partial charge in [-0.1, -0.05) is 42.3 Å². The third-order valence-electron chi connectivity index (χ3n) is 3.03. The normalized spacial score (nSPS) is 10.3. The predicted molar refractivity (Wildman–Crippen MR) is 89.9 cm³/mol. The summed E-state index contributed by atoms with van der Waals surface area (Å²) in [4.78, 5) is 12.1. The highest BCUT2D eigenvalue weighted by Gasteiger charge is 2.10. The summed E-state index contributed by atoms with van der Waals surface area (Å²) in [6.45, 7) is 3.18. The van der Waals surface area contributed by atoms with Crippen LogP contribution in [-0.4, -0.2) is 12.5 Å². The molecule has 0 aliphatic carbocycles. The van der Waals surface area contributed by atoms with Gasteiger partial charge in [-0.2, -0.15) is 0 Å². The van der Waals surface area contributed by atoms with E-state index >= 15 is 0 Å². The predicted octanol–water partition coefficient (Wildman–Crippen LogP) is 4.71. The lowest BCUT2D eigenvalue weighted by atomic mass is 10.2. The van der Waals surface area contributed by atoms with Crippen molar-refractivity contribution < 1.29 is 9.53 Å². The van der Waals surface area contributed by atoms with Crippen LogP contribution in [0.2, 0.25) is 10.0 Å². The molecule has 1 amide bonds. The van der Waals surface area contributed by atoms with E-state index in [9.17, 15) is 4.79 Å². The van der Waals surface area contributed by atoms with Crippen molar-refractivity contribution in [3.63, 3.8) is 0 Å². The first kappa shape index (κ1) is 16.7. The van der Waals surface area contributed by atoms with E-state index in [1.165, 1.54) is 0 Å². The highest BCUT2D eigenvalue weighted by Crippen LogP contribution is 2.21. The van der Waals surface area contributed by atoms with Gasteiger partial charge in [-0.3, -0.25) is 4.79 Å². The Morgan fingerprint density at radius 3 is 2.50 bits per heavy atom. The van der Waals surface area contributed by atoms with Crippen molar-refractivity contribution >= 4 is 29.1 Å². The Morgan fingerprint density at radius 1 is 1.14 bits per heavy atom. The fourth-order valence-corrected chi connectivity index (χ4v) is 2.37. The zero-order valence-corrected chi connectivity index (χ0v) is 13.7. The topological polar surface area (TPSA) is 38.3 Å². The van der Waals surface area contributed by atoms with Crippen molar-refractivity contribution in [1.82, 2.24) is 5.32 Å². The molecule has 116 valence electrons. The Morgan fingerprint density at radius 2 is 1.86 bits per heavy atom. The molecule has 22 heavy (non-hydrogen) atoms. The van der Waals surface area contributed by atoms with Gasteiger partial charge in [0.2, 0.25) is 0 Å². The van der Waals surface area contributed by atoms with Crippen molar-refractivity contribution in [1.29, 1.82) is 0 Å². The van der Waals surface area contributed by atoms with Gasteiger partial charge in [-0.15, -0.1) is 0 Å². The molecule has 0 unspecified atom stereocenters. The molecular formula is C17H17Cl2NO2. The second-order valence-electron chi connectivity index (χ2n) is 4.80. The molecule has 2 rings (SSSR count). The Bertz CT molecular complexity index is 642. The fourth-order valence-electron chi connectivity index (χ4n) is 1.87. The number of nitrogens with one attached hydrogen (secondary N) is 1. The van der Waals surface area contributed by atoms with Gasteiger partial charge in [-0.05, 0) is 42.3 Å². The molecule has 0 fully saturated rings. The average Bonchev–Trinajstić information content (AvgIpc) is 2.51. The molecule has 2 aromatic carbocycles. The second kappa shape index (κ2) is 8.06. The summed E-state index contributed by atoms with van der Waals surface area (Å²) in [5, 5.41) is 3.68. The summed E-state index contributed by atoms with van der Waals surface area (Å²) in [5.41, 5.74) is 1.40. The van der Waals surface area contributed by atoms with Crippen molar-refractivity contribution in [2.45, 2.75) is 19.9 Å². The van der Waals surface area contributed by atoms with Crippen LogP contribution in [0.3, 0.4) is 0 Å². The van der Waals surface area contributed by atoms with Crippen molar-refractivity contribution in [2.75, 3.05) is 6.61 Å². The molecular weight excluding hydrogens is 321 g/mol. The van der Waals surface area contributed by atoms with E-state index in [4.69, 9.17) is 27.9 Å². The first-order valence-corrected chi connectivity index (χ1v) is 7.80. The lowest BCUT2D eigenvalue weighted by Crippen LogP contribution is -2.23. The van der Waals surface area contributed by atoms with Gasteiger partial charge in [0.05, 0.1) is 17.2 Å². The maximum absolute atomic E-state index is 12.1. The van der Waals surface area contributed by atoms with Crippen molar-refractivity contribution in [2.24, 2.45) is 0 Å². The summed E-state index contributed by atoms with van der Waals surface area (Å²) in [6, 6.07) is 12.4. The Hall–Kier alpha value is -1.71. The van der Waals surface area contributed by atoms with Gasteiger partial charge in [0.1, 0.15) is 5.75 Å². The van der Waals surface area contributed by atoms with E-state index in [2.05, 4.69) is 12.2 Å². The SMILES string of the molecule is CCCOc1ccc(CNC(=O)c2ccc(Cl)cc2Cl)cc1. The molecule has 5 heteroatoms. The number of ether oxygens (including phenoxy) is 1. The minimum atomic E-state index is -0.229. The molecule has 0 heterocycles. The largest absolute Gasteiger partial charge is 0.494 e. The number of amides is 1. The zero-order chi connectivity index (χ0) is 15.9. The third-order valence-corrected chi connectivity index (χ3v) is 3.57. The Labute approximate surface area is 140 Å². The summed E-state index contributed by atoms with van der Waals surface area (Å²) >= 11 is 11.8.